The van der Waals surface area contributed by atoms with Gasteiger partial charge in [0.1, 0.15) is 0 Å². The molecule has 1 saturated heterocycles. The Morgan fingerprint density at radius 3 is 2.65 bits per heavy atom. The van der Waals surface area contributed by atoms with E-state index in [4.69, 9.17) is 9.47 Å². The number of methoxy groups -OCH3 is 1. The van der Waals surface area contributed by atoms with Gasteiger partial charge in [-0.2, -0.15) is 4.31 Å². The maximum Gasteiger partial charge on any atom is 0.258 e. The molecule has 0 radical (unpaired) electrons. The molecular weight excluding hydrogens is 454 g/mol. The third kappa shape index (κ3) is 3.84. The van der Waals surface area contributed by atoms with E-state index in [9.17, 15) is 13.2 Å². The lowest BCUT2D eigenvalue weighted by molar-refractivity contribution is -0.112. The zero-order chi connectivity index (χ0) is 23.9. The van der Waals surface area contributed by atoms with Crippen molar-refractivity contribution in [2.75, 3.05) is 52.0 Å². The molecule has 5 rings (SSSR count). The summed E-state index contributed by atoms with van der Waals surface area (Å²) in [5.74, 6) is -0.162. The van der Waals surface area contributed by atoms with Crippen LogP contribution >= 0.6 is 0 Å². The molecule has 0 saturated carbocycles. The van der Waals surface area contributed by atoms with Gasteiger partial charge in [0.15, 0.2) is 0 Å². The topological polar surface area (TPSA) is 81.1 Å². The minimum absolute atomic E-state index is 0.162. The molecule has 0 atom stereocenters. The minimum atomic E-state index is -3.68. The molecule has 2 aliphatic rings. The summed E-state index contributed by atoms with van der Waals surface area (Å²) in [5, 5.41) is 1.02. The van der Waals surface area contributed by atoms with Crippen molar-refractivity contribution in [3.63, 3.8) is 0 Å². The standard InChI is InChI=1S/C25H27N3O5S/c1-26-23-8-7-19(34(30,31)28-10-13-33-14-11-28)16-21(23)22(25(26)29)15-18-17-27(9-12-32-2)24-6-4-3-5-20(18)24/h3-8,15-17H,9-14H2,1-2H3. The van der Waals surface area contributed by atoms with E-state index in [1.807, 2.05) is 36.5 Å². The molecule has 1 aromatic heterocycles. The molecule has 1 fully saturated rings. The van der Waals surface area contributed by atoms with Gasteiger partial charge in [-0.25, -0.2) is 8.42 Å². The van der Waals surface area contributed by atoms with Crippen molar-refractivity contribution in [3.05, 3.63) is 59.8 Å². The number of ether oxygens (including phenoxy) is 2. The number of benzene rings is 2. The Balaban J connectivity index is 1.60. The zero-order valence-electron chi connectivity index (χ0n) is 19.2. The number of hydrogen-bond donors (Lipinski definition) is 0. The second kappa shape index (κ2) is 8.99. The Morgan fingerprint density at radius 2 is 1.88 bits per heavy atom. The van der Waals surface area contributed by atoms with Gasteiger partial charge in [0.05, 0.1) is 30.4 Å². The lowest BCUT2D eigenvalue weighted by Crippen LogP contribution is -2.40. The smallest absolute Gasteiger partial charge is 0.258 e. The second-order valence-electron chi connectivity index (χ2n) is 8.41. The number of carbonyl (C=O) groups is 1. The molecule has 3 heterocycles. The van der Waals surface area contributed by atoms with E-state index in [1.54, 1.807) is 37.3 Å². The summed E-state index contributed by atoms with van der Waals surface area (Å²) in [5.41, 5.74) is 3.74. The van der Waals surface area contributed by atoms with E-state index in [2.05, 4.69) is 4.57 Å². The first-order chi connectivity index (χ1) is 16.4. The van der Waals surface area contributed by atoms with E-state index in [0.29, 0.717) is 56.3 Å². The predicted molar refractivity (Wildman–Crippen MR) is 131 cm³/mol. The molecule has 0 spiro atoms. The number of para-hydroxylation sites is 1. The highest BCUT2D eigenvalue weighted by molar-refractivity contribution is 7.89. The Bertz CT molecular complexity index is 1390. The van der Waals surface area contributed by atoms with E-state index in [0.717, 1.165) is 16.5 Å². The van der Waals surface area contributed by atoms with Gasteiger partial charge < -0.3 is 18.9 Å². The monoisotopic (exact) mass is 481 g/mol. The van der Waals surface area contributed by atoms with Crippen LogP contribution < -0.4 is 4.90 Å². The number of carbonyl (C=O) groups excluding carboxylic acids is 1. The maximum atomic E-state index is 13.2. The number of rotatable bonds is 6. The minimum Gasteiger partial charge on any atom is -0.383 e. The first-order valence-corrected chi connectivity index (χ1v) is 12.6. The number of aromatic nitrogens is 1. The first kappa shape index (κ1) is 22.8. The molecule has 1 amide bonds. The summed E-state index contributed by atoms with van der Waals surface area (Å²) >= 11 is 0. The van der Waals surface area contributed by atoms with Crippen LogP contribution in [0.25, 0.3) is 22.6 Å². The van der Waals surface area contributed by atoms with Crippen LogP contribution in [0.15, 0.2) is 53.6 Å². The lowest BCUT2D eigenvalue weighted by atomic mass is 10.0. The fraction of sp³-hybridized carbons (Fsp3) is 0.320. The largest absolute Gasteiger partial charge is 0.383 e. The number of fused-ring (bicyclic) bond motifs is 2. The average molecular weight is 482 g/mol. The summed E-state index contributed by atoms with van der Waals surface area (Å²) < 4.78 is 40.5. The number of amides is 1. The Kier molecular flexibility index (Phi) is 6.03. The predicted octanol–water partition coefficient (Wildman–Crippen LogP) is 2.83. The molecule has 3 aromatic rings. The third-order valence-corrected chi connectivity index (χ3v) is 8.31. The van der Waals surface area contributed by atoms with Gasteiger partial charge in [-0.05, 0) is 30.3 Å². The van der Waals surface area contributed by atoms with Crippen molar-refractivity contribution >= 4 is 44.2 Å². The van der Waals surface area contributed by atoms with Gasteiger partial charge in [0.2, 0.25) is 10.0 Å². The van der Waals surface area contributed by atoms with Crippen molar-refractivity contribution in [2.45, 2.75) is 11.4 Å². The summed E-state index contributed by atoms with van der Waals surface area (Å²) in [6.45, 7) is 2.66. The Hall–Kier alpha value is -2.98. The number of hydrogen-bond acceptors (Lipinski definition) is 5. The van der Waals surface area contributed by atoms with E-state index < -0.39 is 10.0 Å². The van der Waals surface area contributed by atoms with Crippen LogP contribution in [0, 0.1) is 0 Å². The van der Waals surface area contributed by atoms with Crippen molar-refractivity contribution < 1.29 is 22.7 Å². The highest BCUT2D eigenvalue weighted by Gasteiger charge is 2.33. The lowest BCUT2D eigenvalue weighted by Gasteiger charge is -2.26. The summed E-state index contributed by atoms with van der Waals surface area (Å²) in [6, 6.07) is 12.9. The van der Waals surface area contributed by atoms with Crippen LogP contribution in [0.2, 0.25) is 0 Å². The summed E-state index contributed by atoms with van der Waals surface area (Å²) in [7, 11) is -0.301. The van der Waals surface area contributed by atoms with Gasteiger partial charge >= 0.3 is 0 Å². The molecule has 34 heavy (non-hydrogen) atoms. The van der Waals surface area contributed by atoms with E-state index in [-0.39, 0.29) is 10.8 Å². The molecule has 8 nitrogen and oxygen atoms in total. The fourth-order valence-electron chi connectivity index (χ4n) is 4.58. The molecule has 9 heteroatoms. The molecule has 0 unspecified atom stereocenters. The van der Waals surface area contributed by atoms with Crippen molar-refractivity contribution in [3.8, 4) is 0 Å². The molecule has 178 valence electrons. The number of morpholine rings is 1. The Labute approximate surface area is 199 Å². The maximum absolute atomic E-state index is 13.2. The number of anilines is 1. The van der Waals surface area contributed by atoms with Crippen molar-refractivity contribution in [2.24, 2.45) is 0 Å². The highest BCUT2D eigenvalue weighted by atomic mass is 32.2. The SMILES string of the molecule is COCCn1cc(C=C2C(=O)N(C)c3ccc(S(=O)(=O)N4CCOCC4)cc32)c2ccccc21. The fourth-order valence-corrected chi connectivity index (χ4v) is 6.02. The molecule has 2 aliphatic heterocycles. The van der Waals surface area contributed by atoms with Gasteiger partial charge in [-0.3, -0.25) is 4.79 Å². The van der Waals surface area contributed by atoms with E-state index in [1.165, 1.54) is 4.31 Å². The molecular formula is C25H27N3O5S. The van der Waals surface area contributed by atoms with Crippen LogP contribution in [-0.2, 0) is 30.8 Å². The van der Waals surface area contributed by atoms with Crippen LogP contribution in [0.4, 0.5) is 5.69 Å². The number of sulfonamides is 1. The molecule has 0 aliphatic carbocycles. The quantitative estimate of drug-likeness (QED) is 0.506. The second-order valence-corrected chi connectivity index (χ2v) is 10.3. The highest BCUT2D eigenvalue weighted by Crippen LogP contribution is 2.39. The zero-order valence-corrected chi connectivity index (χ0v) is 20.0. The van der Waals surface area contributed by atoms with Crippen molar-refractivity contribution in [1.29, 1.82) is 0 Å². The third-order valence-electron chi connectivity index (χ3n) is 6.42. The van der Waals surface area contributed by atoms with Crippen LogP contribution in [-0.4, -0.2) is 70.3 Å². The normalized spacial score (nSPS) is 18.2. The van der Waals surface area contributed by atoms with Gasteiger partial charge in [-0.15, -0.1) is 0 Å². The Morgan fingerprint density at radius 1 is 1.12 bits per heavy atom. The average Bonchev–Trinajstić information content (AvgIpc) is 3.33. The van der Waals surface area contributed by atoms with E-state index >= 15 is 0 Å². The van der Waals surface area contributed by atoms with Gasteiger partial charge in [0, 0.05) is 67.6 Å². The first-order valence-electron chi connectivity index (χ1n) is 11.2. The summed E-state index contributed by atoms with van der Waals surface area (Å²) in [4.78, 5) is 14.9. The van der Waals surface area contributed by atoms with Gasteiger partial charge in [-0.1, -0.05) is 18.2 Å². The number of nitrogens with zero attached hydrogens (tertiary/aromatic N) is 3. The van der Waals surface area contributed by atoms with Crippen LogP contribution in [0.5, 0.6) is 0 Å². The molecule has 0 N–H and O–H groups in total. The van der Waals surface area contributed by atoms with Gasteiger partial charge in [0.25, 0.3) is 5.91 Å². The van der Waals surface area contributed by atoms with Crippen molar-refractivity contribution in [1.82, 2.24) is 8.87 Å². The van der Waals surface area contributed by atoms with Crippen LogP contribution in [0.1, 0.15) is 11.1 Å². The molecule has 2 aromatic carbocycles. The summed E-state index contributed by atoms with van der Waals surface area (Å²) in [6.07, 6.45) is 3.87. The molecule has 0 bridgehead atoms. The van der Waals surface area contributed by atoms with Crippen LogP contribution in [0.3, 0.4) is 0 Å². The number of likely N-dealkylation sites (N-methyl/N-ethyl adjacent to an activating group) is 1.